The molecule has 0 aliphatic carbocycles. The maximum absolute atomic E-state index is 12.3. The van der Waals surface area contributed by atoms with E-state index in [1.165, 1.54) is 0 Å². The van der Waals surface area contributed by atoms with Crippen molar-refractivity contribution in [2.45, 2.75) is 6.18 Å². The van der Waals surface area contributed by atoms with E-state index in [0.717, 1.165) is 18.3 Å². The van der Waals surface area contributed by atoms with Crippen molar-refractivity contribution in [3.8, 4) is 11.8 Å². The van der Waals surface area contributed by atoms with E-state index < -0.39 is 11.7 Å². The van der Waals surface area contributed by atoms with Gasteiger partial charge in [-0.15, -0.1) is 0 Å². The van der Waals surface area contributed by atoms with Crippen LogP contribution in [0.15, 0.2) is 23.4 Å². The Bertz CT molecular complexity index is 478. The van der Waals surface area contributed by atoms with Gasteiger partial charge >= 0.3 is 6.18 Å². The van der Waals surface area contributed by atoms with E-state index in [-0.39, 0.29) is 12.2 Å². The molecule has 16 heavy (non-hydrogen) atoms. The first-order chi connectivity index (χ1) is 7.54. The van der Waals surface area contributed by atoms with Gasteiger partial charge in [-0.25, -0.2) is 4.98 Å². The van der Waals surface area contributed by atoms with Crippen molar-refractivity contribution in [3.05, 3.63) is 40.0 Å². The van der Waals surface area contributed by atoms with Gasteiger partial charge in [-0.1, -0.05) is 11.0 Å². The molecule has 1 heterocycles. The highest BCUT2D eigenvalue weighted by Crippen LogP contribution is 2.28. The molecule has 1 rings (SSSR count). The van der Waals surface area contributed by atoms with E-state index in [1.807, 2.05) is 0 Å². The Morgan fingerprint density at radius 3 is 2.88 bits per heavy atom. The normalized spacial score (nSPS) is 9.94. The molecule has 1 aromatic rings. The van der Waals surface area contributed by atoms with Crippen molar-refractivity contribution in [2.24, 2.45) is 5.11 Å². The van der Waals surface area contributed by atoms with Crippen LogP contribution in [-0.2, 0) is 6.18 Å². The third-order valence-corrected chi connectivity index (χ3v) is 1.52. The highest BCUT2D eigenvalue weighted by Gasteiger charge is 2.30. The van der Waals surface area contributed by atoms with Crippen molar-refractivity contribution in [2.75, 3.05) is 6.54 Å². The molecule has 0 aromatic carbocycles. The summed E-state index contributed by atoms with van der Waals surface area (Å²) in [5, 5.41) is 3.11. The molecule has 4 nitrogen and oxygen atoms in total. The minimum atomic E-state index is -4.41. The van der Waals surface area contributed by atoms with Crippen molar-refractivity contribution < 1.29 is 13.2 Å². The van der Waals surface area contributed by atoms with Crippen LogP contribution in [0.1, 0.15) is 11.3 Å². The van der Waals surface area contributed by atoms with Gasteiger partial charge in [0.2, 0.25) is 0 Å². The van der Waals surface area contributed by atoms with Crippen LogP contribution in [0.2, 0.25) is 0 Å². The molecule has 0 aliphatic rings. The summed E-state index contributed by atoms with van der Waals surface area (Å²) in [6.45, 7) is -0.103. The lowest BCUT2D eigenvalue weighted by Gasteiger charge is -2.05. The lowest BCUT2D eigenvalue weighted by Crippen LogP contribution is -2.05. The monoisotopic (exact) mass is 226 g/mol. The lowest BCUT2D eigenvalue weighted by molar-refractivity contribution is -0.137. The molecule has 0 amide bonds. The van der Waals surface area contributed by atoms with Crippen LogP contribution in [0.3, 0.4) is 0 Å². The molecule has 0 saturated heterocycles. The minimum Gasteiger partial charge on any atom is -0.248 e. The predicted octanol–water partition coefficient (Wildman–Crippen LogP) is 2.76. The zero-order chi connectivity index (χ0) is 12.0. The topological polar surface area (TPSA) is 61.7 Å². The summed E-state index contributed by atoms with van der Waals surface area (Å²) in [6.07, 6.45) is -3.38. The van der Waals surface area contributed by atoms with E-state index in [0.29, 0.717) is 0 Å². The molecule has 0 unspecified atom stereocenters. The van der Waals surface area contributed by atoms with E-state index >= 15 is 0 Å². The number of hydrogen-bond donors (Lipinski definition) is 0. The number of pyridine rings is 1. The van der Waals surface area contributed by atoms with Crippen LogP contribution in [0.25, 0.3) is 10.4 Å². The Labute approximate surface area is 88.7 Å². The van der Waals surface area contributed by atoms with Gasteiger partial charge in [-0.2, -0.15) is 13.2 Å². The number of nitrogens with zero attached hydrogens (tertiary/aromatic N) is 4. The molecule has 0 radical (unpaired) electrons. The molecule has 0 N–H and O–H groups in total. The zero-order valence-electron chi connectivity index (χ0n) is 7.86. The zero-order valence-corrected chi connectivity index (χ0v) is 7.86. The second kappa shape index (κ2) is 5.05. The summed E-state index contributed by atoms with van der Waals surface area (Å²) < 4.78 is 36.8. The average molecular weight is 226 g/mol. The Kier molecular flexibility index (Phi) is 3.75. The lowest BCUT2D eigenvalue weighted by atomic mass is 10.2. The summed E-state index contributed by atoms with van der Waals surface area (Å²) in [5.41, 5.74) is 7.12. The van der Waals surface area contributed by atoms with Crippen molar-refractivity contribution >= 4 is 0 Å². The third kappa shape index (κ3) is 3.52. The van der Waals surface area contributed by atoms with Crippen molar-refractivity contribution in [3.63, 3.8) is 0 Å². The molecule has 0 saturated carbocycles. The molecule has 0 atom stereocenters. The smallest absolute Gasteiger partial charge is 0.248 e. The van der Waals surface area contributed by atoms with Gasteiger partial charge in [0.15, 0.2) is 0 Å². The molecule has 1 aromatic heterocycles. The Morgan fingerprint density at radius 2 is 2.25 bits per heavy atom. The fraction of sp³-hybridized carbons (Fsp3) is 0.222. The molecule has 0 spiro atoms. The molecule has 82 valence electrons. The molecule has 7 heteroatoms. The first-order valence-electron chi connectivity index (χ1n) is 4.07. The Hall–Kier alpha value is -2.19. The number of rotatable bonds is 1. The molecular weight excluding hydrogens is 221 g/mol. The van der Waals surface area contributed by atoms with Crippen LogP contribution in [-0.4, -0.2) is 11.5 Å². The van der Waals surface area contributed by atoms with Crippen LogP contribution in [0.4, 0.5) is 13.2 Å². The fourth-order valence-electron chi connectivity index (χ4n) is 0.872. The Morgan fingerprint density at radius 1 is 1.50 bits per heavy atom. The first kappa shape index (κ1) is 11.9. The minimum absolute atomic E-state index is 0.0111. The van der Waals surface area contributed by atoms with Crippen LogP contribution >= 0.6 is 0 Å². The summed E-state index contributed by atoms with van der Waals surface area (Å²) >= 11 is 0. The molecular formula is C9H5F3N4. The molecule has 0 aliphatic heterocycles. The number of alkyl halides is 3. The summed E-state index contributed by atoms with van der Waals surface area (Å²) in [7, 11) is 0. The highest BCUT2D eigenvalue weighted by atomic mass is 19.4. The number of azide groups is 1. The predicted molar refractivity (Wildman–Crippen MR) is 50.1 cm³/mol. The van der Waals surface area contributed by atoms with Crippen LogP contribution in [0.5, 0.6) is 0 Å². The Balaban J connectivity index is 2.89. The van der Waals surface area contributed by atoms with Gasteiger partial charge in [-0.05, 0) is 23.6 Å². The van der Waals surface area contributed by atoms with Gasteiger partial charge in [0, 0.05) is 11.1 Å². The molecule has 0 fully saturated rings. The number of hydrogen-bond acceptors (Lipinski definition) is 2. The van der Waals surface area contributed by atoms with Gasteiger partial charge in [0.05, 0.1) is 12.1 Å². The third-order valence-electron chi connectivity index (χ3n) is 1.52. The summed E-state index contributed by atoms with van der Waals surface area (Å²) in [4.78, 5) is 6.09. The SMILES string of the molecule is [N-]=[N+]=NCC#Cc1cc(C(F)(F)F)ccn1. The second-order valence-electron chi connectivity index (χ2n) is 2.62. The van der Waals surface area contributed by atoms with E-state index in [2.05, 4.69) is 26.9 Å². The van der Waals surface area contributed by atoms with Gasteiger partial charge in [-0.3, -0.25) is 0 Å². The number of aromatic nitrogens is 1. The van der Waals surface area contributed by atoms with Crippen LogP contribution in [0, 0.1) is 11.8 Å². The standard InChI is InChI=1S/C9H5F3N4/c10-9(11,12)7-3-5-14-8(6-7)2-1-4-15-16-13/h3,5-6H,4H2. The number of halogens is 3. The van der Waals surface area contributed by atoms with E-state index in [1.54, 1.807) is 0 Å². The van der Waals surface area contributed by atoms with Crippen LogP contribution < -0.4 is 0 Å². The largest absolute Gasteiger partial charge is 0.416 e. The summed E-state index contributed by atoms with van der Waals surface area (Å²) in [5.74, 6) is 4.75. The van der Waals surface area contributed by atoms with E-state index in [9.17, 15) is 13.2 Å². The maximum atomic E-state index is 12.3. The van der Waals surface area contributed by atoms with Gasteiger partial charge < -0.3 is 0 Å². The first-order valence-corrected chi connectivity index (χ1v) is 4.07. The highest BCUT2D eigenvalue weighted by molar-refractivity contribution is 5.32. The maximum Gasteiger partial charge on any atom is 0.416 e. The van der Waals surface area contributed by atoms with Gasteiger partial charge in [0.1, 0.15) is 5.69 Å². The van der Waals surface area contributed by atoms with Crippen molar-refractivity contribution in [1.29, 1.82) is 0 Å². The average Bonchev–Trinajstić information content (AvgIpc) is 2.24. The fourth-order valence-corrected chi connectivity index (χ4v) is 0.872. The summed E-state index contributed by atoms with van der Waals surface area (Å²) in [6, 6.07) is 1.70. The van der Waals surface area contributed by atoms with Crippen molar-refractivity contribution in [1.82, 2.24) is 4.98 Å². The quantitative estimate of drug-likeness (QED) is 0.314. The van der Waals surface area contributed by atoms with E-state index in [4.69, 9.17) is 5.53 Å². The van der Waals surface area contributed by atoms with Gasteiger partial charge in [0.25, 0.3) is 0 Å². The molecule has 0 bridgehead atoms. The second-order valence-corrected chi connectivity index (χ2v) is 2.62.